The second-order valence-corrected chi connectivity index (χ2v) is 3.07. The fourth-order valence-electron chi connectivity index (χ4n) is 0.467. The summed E-state index contributed by atoms with van der Waals surface area (Å²) in [5.74, 6) is 0. The molecule has 1 unspecified atom stereocenters. The van der Waals surface area contributed by atoms with E-state index in [1.807, 2.05) is 6.92 Å². The maximum absolute atomic E-state index is 10.8. The number of nitrogens with one attached hydrogen (secondary N) is 1. The first kappa shape index (κ1) is 21.5. The molecule has 0 radical (unpaired) electrons. The quantitative estimate of drug-likeness (QED) is 0.227. The summed E-state index contributed by atoms with van der Waals surface area (Å²) in [6, 6.07) is 0. The standard InChI is InChI=1S/C6H16N2O3P.Ca.Na.3H/c1-2-3-6-10-12(9)11-8-5-4-7;;;;;/h8H,2-7H2,1H3;;;;;/q+1;+2;+1;3*-1. The van der Waals surface area contributed by atoms with E-state index in [2.05, 4.69) is 10.1 Å². The predicted octanol–water partition coefficient (Wildman–Crippen LogP) is -2.10. The van der Waals surface area contributed by atoms with Crippen LogP contribution < -0.4 is 40.8 Å². The van der Waals surface area contributed by atoms with Gasteiger partial charge in [0.15, 0.2) is 0 Å². The van der Waals surface area contributed by atoms with Crippen molar-refractivity contribution in [3.8, 4) is 0 Å². The summed E-state index contributed by atoms with van der Waals surface area (Å²) in [6.07, 6.45) is 1.90. The van der Waals surface area contributed by atoms with Crippen molar-refractivity contribution >= 4 is 46.0 Å². The Bertz CT molecular complexity index is 133. The molecule has 0 bridgehead atoms. The summed E-state index contributed by atoms with van der Waals surface area (Å²) >= 11 is 0. The molecule has 0 fully saturated rings. The average molecular weight is 261 g/mol. The van der Waals surface area contributed by atoms with Crippen LogP contribution in [0, 0.1) is 0 Å². The topological polar surface area (TPSA) is 73.6 Å². The number of nitrogens with two attached hydrogens (primary N) is 1. The third-order valence-electron chi connectivity index (χ3n) is 1.08. The van der Waals surface area contributed by atoms with Gasteiger partial charge in [0.1, 0.15) is 6.61 Å². The van der Waals surface area contributed by atoms with Gasteiger partial charge in [0.2, 0.25) is 0 Å². The van der Waals surface area contributed by atoms with Gasteiger partial charge in [-0.05, 0) is 11.0 Å². The van der Waals surface area contributed by atoms with Crippen molar-refractivity contribution in [1.29, 1.82) is 0 Å². The largest absolute Gasteiger partial charge is 2.00 e. The summed E-state index contributed by atoms with van der Waals surface area (Å²) in [5.41, 5.74) is 7.59. The van der Waals surface area contributed by atoms with Gasteiger partial charge >= 0.3 is 75.6 Å². The molecular weight excluding hydrogens is 242 g/mol. The molecule has 0 aromatic carbocycles. The molecule has 0 saturated heterocycles. The third kappa shape index (κ3) is 16.6. The molecule has 0 heterocycles. The van der Waals surface area contributed by atoms with E-state index in [-0.39, 0.29) is 71.6 Å². The van der Waals surface area contributed by atoms with Crippen molar-refractivity contribution in [3.05, 3.63) is 0 Å². The Morgan fingerprint density at radius 1 is 1.57 bits per heavy atom. The summed E-state index contributed by atoms with van der Waals surface area (Å²) in [5, 5.41) is 0. The minimum atomic E-state index is -2.02. The van der Waals surface area contributed by atoms with E-state index in [1.54, 1.807) is 0 Å². The van der Waals surface area contributed by atoms with Gasteiger partial charge in [-0.15, -0.1) is 10.0 Å². The maximum atomic E-state index is 10.8. The van der Waals surface area contributed by atoms with Gasteiger partial charge in [0.25, 0.3) is 0 Å². The fraction of sp³-hybridized carbons (Fsp3) is 1.00. The van der Waals surface area contributed by atoms with Crippen LogP contribution in [0.5, 0.6) is 0 Å². The van der Waals surface area contributed by atoms with E-state index in [9.17, 15) is 4.57 Å². The molecule has 5 nitrogen and oxygen atoms in total. The number of rotatable bonds is 8. The third-order valence-corrected chi connectivity index (χ3v) is 1.75. The zero-order valence-electron chi connectivity index (χ0n) is 12.0. The van der Waals surface area contributed by atoms with Crippen LogP contribution in [-0.2, 0) is 13.7 Å². The van der Waals surface area contributed by atoms with Gasteiger partial charge in [-0.25, -0.2) is 0 Å². The molecule has 1 atom stereocenters. The molecule has 0 aliphatic rings. The van der Waals surface area contributed by atoms with E-state index in [0.717, 1.165) is 12.8 Å². The van der Waals surface area contributed by atoms with Crippen molar-refractivity contribution in [1.82, 2.24) is 5.48 Å². The van der Waals surface area contributed by atoms with Gasteiger partial charge in [0, 0.05) is 17.7 Å². The predicted molar refractivity (Wildman–Crippen MR) is 55.7 cm³/mol. The molecule has 0 saturated carbocycles. The molecule has 0 aromatic rings. The van der Waals surface area contributed by atoms with E-state index < -0.39 is 8.25 Å². The first-order chi connectivity index (χ1) is 5.81. The first-order valence-electron chi connectivity index (χ1n) is 4.01. The zero-order chi connectivity index (χ0) is 9.23. The van der Waals surface area contributed by atoms with E-state index in [1.165, 1.54) is 0 Å². The molecule has 0 rings (SSSR count). The normalized spacial score (nSPS) is 10.0. The van der Waals surface area contributed by atoms with Crippen LogP contribution in [0.2, 0.25) is 0 Å². The van der Waals surface area contributed by atoms with Crippen molar-refractivity contribution in [2.24, 2.45) is 5.73 Å². The zero-order valence-corrected chi connectivity index (χ0v) is 14.1. The Morgan fingerprint density at radius 2 is 2.21 bits per heavy atom. The summed E-state index contributed by atoms with van der Waals surface area (Å²) in [7, 11) is -2.02. The SMILES string of the molecule is CCCCO[P+](=O)ONCCN.[Ca+2].[H-].[H-].[H-].[Na+]. The van der Waals surface area contributed by atoms with Crippen molar-refractivity contribution in [3.63, 3.8) is 0 Å². The molecule has 78 valence electrons. The molecule has 0 aromatic heterocycles. The minimum absolute atomic E-state index is 0. The van der Waals surface area contributed by atoms with E-state index in [0.29, 0.717) is 19.7 Å². The van der Waals surface area contributed by atoms with Gasteiger partial charge in [-0.2, -0.15) is 0 Å². The van der Waals surface area contributed by atoms with Crippen LogP contribution in [-0.4, -0.2) is 57.4 Å². The molecular formula is C6H19CaN2NaO3P+. The fourth-order valence-corrected chi connectivity index (χ4v) is 0.995. The first-order valence-corrected chi connectivity index (χ1v) is 5.10. The van der Waals surface area contributed by atoms with Crippen molar-refractivity contribution in [2.75, 3.05) is 19.7 Å². The van der Waals surface area contributed by atoms with Crippen LogP contribution >= 0.6 is 8.25 Å². The summed E-state index contributed by atoms with van der Waals surface area (Å²) < 4.78 is 20.2. The van der Waals surface area contributed by atoms with Crippen LogP contribution in [0.3, 0.4) is 0 Å². The van der Waals surface area contributed by atoms with E-state index >= 15 is 0 Å². The van der Waals surface area contributed by atoms with Gasteiger partial charge in [-0.1, -0.05) is 13.3 Å². The minimum Gasteiger partial charge on any atom is -1.00 e. The van der Waals surface area contributed by atoms with Crippen molar-refractivity contribution in [2.45, 2.75) is 19.8 Å². The molecule has 0 amide bonds. The Labute approximate surface area is 142 Å². The average Bonchev–Trinajstić information content (AvgIpc) is 2.06. The summed E-state index contributed by atoms with van der Waals surface area (Å²) in [6.45, 7) is 3.41. The molecule has 0 aliphatic heterocycles. The van der Waals surface area contributed by atoms with Crippen molar-refractivity contribution < 1.29 is 47.6 Å². The smallest absolute Gasteiger partial charge is 1.00 e. The molecule has 14 heavy (non-hydrogen) atoms. The van der Waals surface area contributed by atoms with Crippen LogP contribution in [0.15, 0.2) is 0 Å². The van der Waals surface area contributed by atoms with Gasteiger partial charge in [-0.3, -0.25) is 0 Å². The number of unbranched alkanes of at least 4 members (excludes halogenated alkanes) is 1. The number of hydroxylamine groups is 1. The number of hydrogen-bond donors (Lipinski definition) is 2. The second-order valence-electron chi connectivity index (χ2n) is 2.18. The Hall–Kier alpha value is 2.20. The molecule has 0 spiro atoms. The van der Waals surface area contributed by atoms with Gasteiger partial charge < -0.3 is 10.0 Å². The maximum Gasteiger partial charge on any atom is 2.00 e. The summed E-state index contributed by atoms with van der Waals surface area (Å²) in [4.78, 5) is 0. The van der Waals surface area contributed by atoms with Crippen LogP contribution in [0.4, 0.5) is 0 Å². The second kappa shape index (κ2) is 17.6. The van der Waals surface area contributed by atoms with Crippen LogP contribution in [0.1, 0.15) is 24.0 Å². The van der Waals surface area contributed by atoms with E-state index in [4.69, 9.17) is 10.3 Å². The van der Waals surface area contributed by atoms with Gasteiger partial charge in [0.05, 0.1) is 0 Å². The monoisotopic (exact) mass is 261 g/mol. The Balaban J connectivity index is -0.0000000605. The number of hydrogen-bond acceptors (Lipinski definition) is 5. The Morgan fingerprint density at radius 3 is 2.71 bits per heavy atom. The molecule has 3 N–H and O–H groups in total. The Kier molecular flexibility index (Phi) is 27.0. The molecule has 8 heteroatoms. The molecule has 0 aliphatic carbocycles. The van der Waals surface area contributed by atoms with Crippen LogP contribution in [0.25, 0.3) is 0 Å².